The van der Waals surface area contributed by atoms with Gasteiger partial charge >= 0.3 is 0 Å². The Balaban J connectivity index is 1.81. The summed E-state index contributed by atoms with van der Waals surface area (Å²) >= 11 is 0. The monoisotopic (exact) mass is 441 g/mol. The van der Waals surface area contributed by atoms with Crippen molar-refractivity contribution in [2.45, 2.75) is 19.3 Å². The Kier molecular flexibility index (Phi) is 7.48. The molecule has 1 aliphatic heterocycles. The van der Waals surface area contributed by atoms with Gasteiger partial charge in [-0.1, -0.05) is 91.9 Å². The molecule has 4 rings (SSSR count). The highest BCUT2D eigenvalue weighted by Gasteiger charge is 2.44. The van der Waals surface area contributed by atoms with E-state index in [1.807, 2.05) is 66.7 Å². The van der Waals surface area contributed by atoms with E-state index in [4.69, 9.17) is 0 Å². The summed E-state index contributed by atoms with van der Waals surface area (Å²) in [4.78, 5) is 29.7. The van der Waals surface area contributed by atoms with Crippen LogP contribution >= 0.6 is 0 Å². The standard InChI is InChI=1S/C29H31NO3/c1-2-21-10-9-15-24(18-21)27-25(28(32)22-11-5-3-6-12-22)19-30(16-17-31)20-26(27)29(33)23-13-7-4-8-14-23/h3-15,18,25-27,31H,2,16-17,19-20H2,1H3/t25-,26-/m0/s1. The van der Waals surface area contributed by atoms with Crippen molar-refractivity contribution in [1.29, 1.82) is 0 Å². The molecule has 1 N–H and O–H groups in total. The van der Waals surface area contributed by atoms with Crippen LogP contribution < -0.4 is 0 Å². The van der Waals surface area contributed by atoms with Gasteiger partial charge in [0.25, 0.3) is 0 Å². The maximum atomic E-state index is 13.8. The Morgan fingerprint density at radius 2 is 1.36 bits per heavy atom. The van der Waals surface area contributed by atoms with Crippen LogP contribution in [0.4, 0.5) is 0 Å². The molecule has 1 heterocycles. The Bertz CT molecular complexity index is 1020. The van der Waals surface area contributed by atoms with Crippen molar-refractivity contribution >= 4 is 11.6 Å². The number of aryl methyl sites for hydroxylation is 1. The van der Waals surface area contributed by atoms with Gasteiger partial charge in [-0.25, -0.2) is 0 Å². The molecule has 0 amide bonds. The second-order valence-electron chi connectivity index (χ2n) is 8.78. The highest BCUT2D eigenvalue weighted by atomic mass is 16.3. The third-order valence-corrected chi connectivity index (χ3v) is 6.73. The number of ketones is 2. The molecular formula is C29H31NO3. The van der Waals surface area contributed by atoms with E-state index in [1.54, 1.807) is 0 Å². The van der Waals surface area contributed by atoms with Gasteiger partial charge in [-0.15, -0.1) is 0 Å². The van der Waals surface area contributed by atoms with Gasteiger partial charge in [0.1, 0.15) is 0 Å². The van der Waals surface area contributed by atoms with Gasteiger partial charge in [0.05, 0.1) is 6.61 Å². The lowest BCUT2D eigenvalue weighted by Gasteiger charge is -2.43. The number of Topliss-reactive ketones (excluding diaryl/α,β-unsaturated/α-hetero) is 2. The molecule has 33 heavy (non-hydrogen) atoms. The number of benzene rings is 3. The number of hydrogen-bond acceptors (Lipinski definition) is 4. The van der Waals surface area contributed by atoms with E-state index >= 15 is 0 Å². The summed E-state index contributed by atoms with van der Waals surface area (Å²) in [6.45, 7) is 3.59. The van der Waals surface area contributed by atoms with Crippen LogP contribution in [0.1, 0.15) is 44.7 Å². The molecule has 0 spiro atoms. The van der Waals surface area contributed by atoms with E-state index in [2.05, 4.69) is 30.0 Å². The van der Waals surface area contributed by atoms with Crippen LogP contribution in [0.2, 0.25) is 0 Å². The molecule has 4 nitrogen and oxygen atoms in total. The van der Waals surface area contributed by atoms with Crippen LogP contribution in [-0.4, -0.2) is 47.8 Å². The lowest BCUT2D eigenvalue weighted by Crippen LogP contribution is -2.51. The molecule has 0 aromatic heterocycles. The molecule has 4 heteroatoms. The molecule has 0 saturated carbocycles. The molecular weight excluding hydrogens is 410 g/mol. The molecule has 0 bridgehead atoms. The zero-order chi connectivity index (χ0) is 23.2. The Morgan fingerprint density at radius 1 is 0.818 bits per heavy atom. The lowest BCUT2D eigenvalue weighted by atomic mass is 9.68. The average molecular weight is 442 g/mol. The lowest BCUT2D eigenvalue weighted by molar-refractivity contribution is 0.0530. The molecule has 170 valence electrons. The van der Waals surface area contributed by atoms with Gasteiger partial charge in [-0.3, -0.25) is 14.5 Å². The van der Waals surface area contributed by atoms with E-state index < -0.39 is 0 Å². The number of hydrogen-bond donors (Lipinski definition) is 1. The van der Waals surface area contributed by atoms with Crippen LogP contribution in [0.3, 0.4) is 0 Å². The average Bonchev–Trinajstić information content (AvgIpc) is 2.88. The van der Waals surface area contributed by atoms with Gasteiger partial charge < -0.3 is 5.11 Å². The Morgan fingerprint density at radius 3 is 1.85 bits per heavy atom. The smallest absolute Gasteiger partial charge is 0.167 e. The van der Waals surface area contributed by atoms with Crippen molar-refractivity contribution in [2.24, 2.45) is 11.8 Å². The molecule has 0 unspecified atom stereocenters. The molecule has 1 aliphatic rings. The quantitative estimate of drug-likeness (QED) is 0.518. The molecule has 1 fully saturated rings. The minimum Gasteiger partial charge on any atom is -0.395 e. The zero-order valence-electron chi connectivity index (χ0n) is 19.1. The number of carbonyl (C=O) groups excluding carboxylic acids is 2. The molecule has 3 aromatic carbocycles. The summed E-state index contributed by atoms with van der Waals surface area (Å²) in [5, 5.41) is 9.64. The number of carbonyl (C=O) groups is 2. The molecule has 1 saturated heterocycles. The van der Waals surface area contributed by atoms with Crippen molar-refractivity contribution in [1.82, 2.24) is 4.90 Å². The van der Waals surface area contributed by atoms with E-state index in [0.717, 1.165) is 12.0 Å². The maximum Gasteiger partial charge on any atom is 0.167 e. The summed E-state index contributed by atoms with van der Waals surface area (Å²) in [6, 6.07) is 27.0. The fraction of sp³-hybridized carbons (Fsp3) is 0.310. The molecule has 2 atom stereocenters. The predicted octanol–water partition coefficient (Wildman–Crippen LogP) is 4.64. The summed E-state index contributed by atoms with van der Waals surface area (Å²) in [5.41, 5.74) is 3.57. The third-order valence-electron chi connectivity index (χ3n) is 6.73. The molecule has 3 aromatic rings. The minimum atomic E-state index is -0.377. The first-order valence-electron chi connectivity index (χ1n) is 11.7. The van der Waals surface area contributed by atoms with E-state index in [9.17, 15) is 14.7 Å². The van der Waals surface area contributed by atoms with Gasteiger partial charge in [0.2, 0.25) is 0 Å². The number of nitrogens with zero attached hydrogens (tertiary/aromatic N) is 1. The van der Waals surface area contributed by atoms with E-state index in [-0.39, 0.29) is 35.9 Å². The summed E-state index contributed by atoms with van der Waals surface area (Å²) in [7, 11) is 0. The number of β-amino-alcohol motifs (C(OH)–C–C–N with tert-alkyl or cyclic N) is 1. The first-order valence-corrected chi connectivity index (χ1v) is 11.7. The predicted molar refractivity (Wildman–Crippen MR) is 131 cm³/mol. The van der Waals surface area contributed by atoms with Gasteiger partial charge in [-0.2, -0.15) is 0 Å². The van der Waals surface area contributed by atoms with Crippen molar-refractivity contribution in [3.05, 3.63) is 107 Å². The minimum absolute atomic E-state index is 0.00547. The van der Waals surface area contributed by atoms with Crippen LogP contribution in [0.5, 0.6) is 0 Å². The number of aliphatic hydroxyl groups excluding tert-OH is 1. The van der Waals surface area contributed by atoms with Crippen molar-refractivity contribution in [2.75, 3.05) is 26.2 Å². The highest BCUT2D eigenvalue weighted by molar-refractivity contribution is 6.02. The van der Waals surface area contributed by atoms with E-state index in [0.29, 0.717) is 30.8 Å². The number of piperidine rings is 1. The first-order chi connectivity index (χ1) is 16.1. The second-order valence-corrected chi connectivity index (χ2v) is 8.78. The van der Waals surface area contributed by atoms with E-state index in [1.165, 1.54) is 5.56 Å². The summed E-state index contributed by atoms with van der Waals surface area (Å²) in [6.07, 6.45) is 0.895. The van der Waals surface area contributed by atoms with Crippen molar-refractivity contribution in [3.63, 3.8) is 0 Å². The topological polar surface area (TPSA) is 57.6 Å². The molecule has 0 aliphatic carbocycles. The third kappa shape index (κ3) is 5.13. The van der Waals surface area contributed by atoms with Gasteiger partial charge in [-0.05, 0) is 17.5 Å². The highest BCUT2D eigenvalue weighted by Crippen LogP contribution is 2.41. The van der Waals surface area contributed by atoms with Crippen LogP contribution in [0.15, 0.2) is 84.9 Å². The SMILES string of the molecule is CCc1cccc(C2[C@@H](C(=O)c3ccccc3)CN(CCO)C[C@@H]2C(=O)c2ccccc2)c1. The van der Waals surface area contributed by atoms with Crippen LogP contribution in [-0.2, 0) is 6.42 Å². The largest absolute Gasteiger partial charge is 0.395 e. The summed E-state index contributed by atoms with van der Waals surface area (Å²) < 4.78 is 0. The van der Waals surface area contributed by atoms with Crippen LogP contribution in [0, 0.1) is 11.8 Å². The zero-order valence-corrected chi connectivity index (χ0v) is 19.1. The van der Waals surface area contributed by atoms with Crippen LogP contribution in [0.25, 0.3) is 0 Å². The number of likely N-dealkylation sites (tertiary alicyclic amines) is 1. The maximum absolute atomic E-state index is 13.8. The summed E-state index contributed by atoms with van der Waals surface area (Å²) in [5.74, 6) is -0.881. The fourth-order valence-electron chi connectivity index (χ4n) is 5.07. The van der Waals surface area contributed by atoms with Gasteiger partial charge in [0.15, 0.2) is 11.6 Å². The fourth-order valence-corrected chi connectivity index (χ4v) is 5.07. The van der Waals surface area contributed by atoms with Crippen molar-refractivity contribution in [3.8, 4) is 0 Å². The normalized spacial score (nSPS) is 19.3. The Hall–Kier alpha value is -3.08. The van der Waals surface area contributed by atoms with Crippen molar-refractivity contribution < 1.29 is 14.7 Å². The number of rotatable bonds is 8. The Labute approximate surface area is 195 Å². The first kappa shape index (κ1) is 23.1. The molecule has 0 radical (unpaired) electrons. The van der Waals surface area contributed by atoms with Gasteiger partial charge in [0, 0.05) is 48.5 Å². The number of aliphatic hydroxyl groups is 1. The second kappa shape index (κ2) is 10.7.